The van der Waals surface area contributed by atoms with Crippen molar-refractivity contribution in [1.82, 2.24) is 0 Å². The SMILES string of the molecule is NC(=O)CC1(c2ccc(-c3ccc(C(F)(F)F)cc3)cc2)CCCC1. The van der Waals surface area contributed by atoms with Gasteiger partial charge in [0.05, 0.1) is 5.56 Å². The first-order chi connectivity index (χ1) is 11.8. The van der Waals surface area contributed by atoms with Crippen molar-refractivity contribution in [1.29, 1.82) is 0 Å². The zero-order valence-electron chi connectivity index (χ0n) is 13.8. The van der Waals surface area contributed by atoms with Gasteiger partial charge in [-0.1, -0.05) is 49.2 Å². The quantitative estimate of drug-likeness (QED) is 0.825. The Bertz CT molecular complexity index is 742. The number of carbonyl (C=O) groups is 1. The highest BCUT2D eigenvalue weighted by Gasteiger charge is 2.37. The highest BCUT2D eigenvalue weighted by Crippen LogP contribution is 2.44. The molecule has 0 atom stereocenters. The highest BCUT2D eigenvalue weighted by atomic mass is 19.4. The van der Waals surface area contributed by atoms with Gasteiger partial charge in [0.15, 0.2) is 0 Å². The number of hydrogen-bond acceptors (Lipinski definition) is 1. The van der Waals surface area contributed by atoms with Crippen LogP contribution in [0, 0.1) is 0 Å². The Balaban J connectivity index is 1.85. The van der Waals surface area contributed by atoms with E-state index in [2.05, 4.69) is 0 Å². The minimum atomic E-state index is -4.33. The van der Waals surface area contributed by atoms with Crippen LogP contribution in [0.5, 0.6) is 0 Å². The number of primary amides is 1. The minimum absolute atomic E-state index is 0.190. The van der Waals surface area contributed by atoms with E-state index in [4.69, 9.17) is 5.73 Å². The van der Waals surface area contributed by atoms with Crippen molar-refractivity contribution in [3.05, 3.63) is 59.7 Å². The molecule has 0 aromatic heterocycles. The number of benzene rings is 2. The van der Waals surface area contributed by atoms with Crippen molar-refractivity contribution < 1.29 is 18.0 Å². The Morgan fingerprint density at radius 1 is 0.920 bits per heavy atom. The van der Waals surface area contributed by atoms with Crippen LogP contribution < -0.4 is 5.73 Å². The van der Waals surface area contributed by atoms with Crippen LogP contribution >= 0.6 is 0 Å². The summed E-state index contributed by atoms with van der Waals surface area (Å²) >= 11 is 0. The third kappa shape index (κ3) is 3.70. The summed E-state index contributed by atoms with van der Waals surface area (Å²) in [6.45, 7) is 0. The monoisotopic (exact) mass is 347 g/mol. The van der Waals surface area contributed by atoms with Gasteiger partial charge in [0.25, 0.3) is 0 Å². The molecule has 0 heterocycles. The number of hydrogen-bond donors (Lipinski definition) is 1. The molecule has 2 aromatic rings. The lowest BCUT2D eigenvalue weighted by atomic mass is 9.75. The van der Waals surface area contributed by atoms with Gasteiger partial charge in [-0.25, -0.2) is 0 Å². The second-order valence-electron chi connectivity index (χ2n) is 6.78. The fraction of sp³-hybridized carbons (Fsp3) is 0.350. The molecule has 0 aliphatic heterocycles. The molecule has 25 heavy (non-hydrogen) atoms. The molecule has 0 unspecified atom stereocenters. The van der Waals surface area contributed by atoms with E-state index in [0.29, 0.717) is 6.42 Å². The molecular weight excluding hydrogens is 327 g/mol. The summed E-state index contributed by atoms with van der Waals surface area (Å²) in [6, 6.07) is 12.9. The summed E-state index contributed by atoms with van der Waals surface area (Å²) in [5.74, 6) is -0.297. The first-order valence-corrected chi connectivity index (χ1v) is 8.37. The largest absolute Gasteiger partial charge is 0.416 e. The Morgan fingerprint density at radius 3 is 1.84 bits per heavy atom. The van der Waals surface area contributed by atoms with Gasteiger partial charge >= 0.3 is 6.18 Å². The van der Waals surface area contributed by atoms with Gasteiger partial charge in [-0.3, -0.25) is 4.79 Å². The van der Waals surface area contributed by atoms with E-state index in [1.807, 2.05) is 24.3 Å². The van der Waals surface area contributed by atoms with E-state index in [1.54, 1.807) is 0 Å². The van der Waals surface area contributed by atoms with Crippen LogP contribution in [0.25, 0.3) is 11.1 Å². The standard InChI is InChI=1S/C20H20F3NO/c21-20(22,23)17-9-5-15(6-10-17)14-3-7-16(8-4-14)19(13-18(24)25)11-1-2-12-19/h3-10H,1-2,11-13H2,(H2,24,25). The molecule has 0 spiro atoms. The molecule has 2 aromatic carbocycles. The van der Waals surface area contributed by atoms with Gasteiger partial charge in [0.2, 0.25) is 5.91 Å². The molecule has 3 rings (SSSR count). The van der Waals surface area contributed by atoms with Crippen molar-refractivity contribution >= 4 is 5.91 Å². The van der Waals surface area contributed by atoms with E-state index in [0.717, 1.165) is 54.5 Å². The van der Waals surface area contributed by atoms with E-state index in [9.17, 15) is 18.0 Å². The number of alkyl halides is 3. The topological polar surface area (TPSA) is 43.1 Å². The van der Waals surface area contributed by atoms with Crippen LogP contribution in [0.3, 0.4) is 0 Å². The van der Waals surface area contributed by atoms with Crippen LogP contribution in [0.2, 0.25) is 0 Å². The molecule has 2 nitrogen and oxygen atoms in total. The fourth-order valence-corrected chi connectivity index (χ4v) is 3.82. The van der Waals surface area contributed by atoms with E-state index in [-0.39, 0.29) is 11.3 Å². The Kier molecular flexibility index (Phi) is 4.58. The summed E-state index contributed by atoms with van der Waals surface area (Å²) < 4.78 is 38.0. The summed E-state index contributed by atoms with van der Waals surface area (Å²) in [4.78, 5) is 11.5. The van der Waals surface area contributed by atoms with E-state index >= 15 is 0 Å². The van der Waals surface area contributed by atoms with Crippen LogP contribution in [-0.2, 0) is 16.4 Å². The molecule has 5 heteroatoms. The van der Waals surface area contributed by atoms with Crippen LogP contribution in [-0.4, -0.2) is 5.91 Å². The zero-order valence-corrected chi connectivity index (χ0v) is 13.8. The van der Waals surface area contributed by atoms with Crippen molar-refractivity contribution in [2.75, 3.05) is 0 Å². The minimum Gasteiger partial charge on any atom is -0.370 e. The zero-order chi connectivity index (χ0) is 18.1. The van der Waals surface area contributed by atoms with Crippen molar-refractivity contribution in [3.63, 3.8) is 0 Å². The maximum absolute atomic E-state index is 12.7. The molecule has 1 saturated carbocycles. The molecule has 132 valence electrons. The molecule has 1 aliphatic carbocycles. The predicted octanol–water partition coefficient (Wildman–Crippen LogP) is 5.06. The molecule has 1 aliphatic rings. The van der Waals surface area contributed by atoms with Crippen LogP contribution in [0.1, 0.15) is 43.2 Å². The third-order valence-corrected chi connectivity index (χ3v) is 5.12. The highest BCUT2D eigenvalue weighted by molar-refractivity contribution is 5.76. The van der Waals surface area contributed by atoms with Crippen LogP contribution in [0.4, 0.5) is 13.2 Å². The second-order valence-corrected chi connectivity index (χ2v) is 6.78. The maximum Gasteiger partial charge on any atom is 0.416 e. The Hall–Kier alpha value is -2.30. The summed E-state index contributed by atoms with van der Waals surface area (Å²) in [7, 11) is 0. The second kappa shape index (κ2) is 6.54. The average molecular weight is 347 g/mol. The normalized spacial score (nSPS) is 16.8. The molecular formula is C20H20F3NO. The molecule has 2 N–H and O–H groups in total. The van der Waals surface area contributed by atoms with Gasteiger partial charge in [-0.15, -0.1) is 0 Å². The van der Waals surface area contributed by atoms with Crippen LogP contribution in [0.15, 0.2) is 48.5 Å². The fourth-order valence-electron chi connectivity index (χ4n) is 3.82. The lowest BCUT2D eigenvalue weighted by molar-refractivity contribution is -0.137. The van der Waals surface area contributed by atoms with E-state index < -0.39 is 11.7 Å². The number of halogens is 3. The molecule has 1 fully saturated rings. The Labute approximate surface area is 144 Å². The van der Waals surface area contributed by atoms with Gasteiger partial charge < -0.3 is 5.73 Å². The van der Waals surface area contributed by atoms with Crippen molar-refractivity contribution in [3.8, 4) is 11.1 Å². The lowest BCUT2D eigenvalue weighted by Gasteiger charge is -2.28. The number of amides is 1. The summed E-state index contributed by atoms with van der Waals surface area (Å²) in [6.07, 6.45) is 0.0473. The number of rotatable bonds is 4. The first kappa shape index (κ1) is 17.5. The van der Waals surface area contributed by atoms with Crippen molar-refractivity contribution in [2.45, 2.75) is 43.7 Å². The first-order valence-electron chi connectivity index (χ1n) is 8.37. The van der Waals surface area contributed by atoms with Gasteiger partial charge in [0.1, 0.15) is 0 Å². The lowest BCUT2D eigenvalue weighted by Crippen LogP contribution is -2.29. The Morgan fingerprint density at radius 2 is 1.40 bits per heavy atom. The predicted molar refractivity (Wildman–Crippen MR) is 90.8 cm³/mol. The van der Waals surface area contributed by atoms with Crippen molar-refractivity contribution in [2.24, 2.45) is 5.73 Å². The molecule has 0 saturated heterocycles. The van der Waals surface area contributed by atoms with Gasteiger partial charge in [-0.2, -0.15) is 13.2 Å². The molecule has 0 radical (unpaired) electrons. The number of nitrogens with two attached hydrogens (primary N) is 1. The van der Waals surface area contributed by atoms with E-state index in [1.165, 1.54) is 12.1 Å². The third-order valence-electron chi connectivity index (χ3n) is 5.12. The van der Waals surface area contributed by atoms with Gasteiger partial charge in [-0.05, 0) is 41.7 Å². The smallest absolute Gasteiger partial charge is 0.370 e. The number of carbonyl (C=O) groups excluding carboxylic acids is 1. The maximum atomic E-state index is 12.7. The average Bonchev–Trinajstić information content (AvgIpc) is 3.03. The summed E-state index contributed by atoms with van der Waals surface area (Å²) in [5, 5.41) is 0. The molecule has 0 bridgehead atoms. The summed E-state index contributed by atoms with van der Waals surface area (Å²) in [5.41, 5.74) is 7.26. The van der Waals surface area contributed by atoms with Gasteiger partial charge in [0, 0.05) is 11.8 Å². The molecule has 1 amide bonds.